The summed E-state index contributed by atoms with van der Waals surface area (Å²) in [6.07, 6.45) is 3.61. The second-order valence-electron chi connectivity index (χ2n) is 4.07. The Hall–Kier alpha value is -2.54. The molecule has 3 N–H and O–H groups in total. The van der Waals surface area contributed by atoms with Gasteiger partial charge in [0.1, 0.15) is 6.07 Å². The van der Waals surface area contributed by atoms with E-state index in [2.05, 4.69) is 10.3 Å². The van der Waals surface area contributed by atoms with Crippen LogP contribution in [0.3, 0.4) is 0 Å². The fourth-order valence-corrected chi connectivity index (χ4v) is 1.67. The van der Waals surface area contributed by atoms with Crippen molar-refractivity contribution in [3.8, 4) is 6.07 Å². The topological polar surface area (TPSA) is 74.7 Å². The quantitative estimate of drug-likeness (QED) is 0.805. The number of nitrogens with two attached hydrogens (primary N) is 1. The number of nitrogen functional groups attached to an aromatic ring is 1. The van der Waals surface area contributed by atoms with E-state index in [4.69, 9.17) is 11.0 Å². The van der Waals surface area contributed by atoms with Gasteiger partial charge in [-0.15, -0.1) is 0 Å². The predicted molar refractivity (Wildman–Crippen MR) is 71.9 cm³/mol. The van der Waals surface area contributed by atoms with Gasteiger partial charge in [0.25, 0.3) is 0 Å². The van der Waals surface area contributed by atoms with E-state index in [1.807, 2.05) is 31.3 Å². The Kier molecular flexibility index (Phi) is 3.44. The molecule has 1 aromatic heterocycles. The minimum Gasteiger partial charge on any atom is -0.398 e. The molecule has 1 aromatic carbocycles. The molecule has 0 radical (unpaired) electrons. The highest BCUT2D eigenvalue weighted by Gasteiger charge is 2.01. The molecule has 0 atom stereocenters. The second-order valence-corrected chi connectivity index (χ2v) is 4.07. The number of rotatable bonds is 3. The number of hydrogen-bond donors (Lipinski definition) is 2. The van der Waals surface area contributed by atoms with Gasteiger partial charge in [-0.2, -0.15) is 5.26 Å². The Morgan fingerprint density at radius 3 is 2.89 bits per heavy atom. The van der Waals surface area contributed by atoms with Crippen molar-refractivity contribution in [3.05, 3.63) is 53.3 Å². The van der Waals surface area contributed by atoms with Crippen LogP contribution in [-0.4, -0.2) is 4.98 Å². The van der Waals surface area contributed by atoms with E-state index in [1.54, 1.807) is 18.3 Å². The van der Waals surface area contributed by atoms with E-state index in [-0.39, 0.29) is 0 Å². The maximum absolute atomic E-state index is 8.80. The normalized spacial score (nSPS) is 9.78. The summed E-state index contributed by atoms with van der Waals surface area (Å²) in [5.41, 5.74) is 9.99. The summed E-state index contributed by atoms with van der Waals surface area (Å²) >= 11 is 0. The Morgan fingerprint density at radius 1 is 1.39 bits per heavy atom. The zero-order chi connectivity index (χ0) is 13.0. The van der Waals surface area contributed by atoms with Gasteiger partial charge in [0, 0.05) is 24.6 Å². The molecule has 0 saturated carbocycles. The molecule has 4 nitrogen and oxygen atoms in total. The molecule has 2 aromatic rings. The van der Waals surface area contributed by atoms with E-state index in [9.17, 15) is 0 Å². The molecular weight excluding hydrogens is 224 g/mol. The summed E-state index contributed by atoms with van der Waals surface area (Å²) in [5.74, 6) is 0. The van der Waals surface area contributed by atoms with Crippen molar-refractivity contribution in [3.63, 3.8) is 0 Å². The minimum atomic E-state index is 0.494. The van der Waals surface area contributed by atoms with Gasteiger partial charge in [0.2, 0.25) is 0 Å². The first-order valence-electron chi connectivity index (χ1n) is 5.63. The summed E-state index contributed by atoms with van der Waals surface area (Å²) in [4.78, 5) is 4.05. The van der Waals surface area contributed by atoms with Crippen LogP contribution in [0, 0.1) is 18.3 Å². The van der Waals surface area contributed by atoms with Gasteiger partial charge in [-0.05, 0) is 42.3 Å². The van der Waals surface area contributed by atoms with Crippen molar-refractivity contribution < 1.29 is 0 Å². The van der Waals surface area contributed by atoms with Gasteiger partial charge in [0.05, 0.1) is 11.3 Å². The van der Waals surface area contributed by atoms with E-state index in [0.29, 0.717) is 17.8 Å². The number of nitrogens with one attached hydrogen (secondary N) is 1. The lowest BCUT2D eigenvalue weighted by molar-refractivity contribution is 1.09. The van der Waals surface area contributed by atoms with Crippen LogP contribution in [0.5, 0.6) is 0 Å². The van der Waals surface area contributed by atoms with E-state index in [1.165, 1.54) is 5.56 Å². The Morgan fingerprint density at radius 2 is 2.22 bits per heavy atom. The molecule has 0 aliphatic carbocycles. The molecule has 0 saturated heterocycles. The zero-order valence-corrected chi connectivity index (χ0v) is 10.1. The fourth-order valence-electron chi connectivity index (χ4n) is 1.67. The largest absolute Gasteiger partial charge is 0.398 e. The average molecular weight is 238 g/mol. The fraction of sp³-hybridized carbons (Fsp3) is 0.143. The second kappa shape index (κ2) is 5.19. The van der Waals surface area contributed by atoms with Crippen LogP contribution in [0.4, 0.5) is 11.4 Å². The molecule has 0 unspecified atom stereocenters. The lowest BCUT2D eigenvalue weighted by atomic mass is 10.1. The molecule has 90 valence electrons. The van der Waals surface area contributed by atoms with Crippen LogP contribution >= 0.6 is 0 Å². The number of benzene rings is 1. The van der Waals surface area contributed by atoms with Crippen LogP contribution in [0.25, 0.3) is 0 Å². The first-order valence-corrected chi connectivity index (χ1v) is 5.63. The van der Waals surface area contributed by atoms with Gasteiger partial charge in [-0.3, -0.25) is 4.98 Å². The molecule has 4 heteroatoms. The van der Waals surface area contributed by atoms with Crippen LogP contribution < -0.4 is 11.1 Å². The molecule has 0 spiro atoms. The summed E-state index contributed by atoms with van der Waals surface area (Å²) in [7, 11) is 0. The molecule has 0 amide bonds. The van der Waals surface area contributed by atoms with Crippen LogP contribution in [0.2, 0.25) is 0 Å². The van der Waals surface area contributed by atoms with Gasteiger partial charge >= 0.3 is 0 Å². The minimum absolute atomic E-state index is 0.494. The third kappa shape index (κ3) is 2.58. The van der Waals surface area contributed by atoms with E-state index in [0.717, 1.165) is 11.3 Å². The van der Waals surface area contributed by atoms with Crippen LogP contribution in [-0.2, 0) is 6.54 Å². The molecule has 18 heavy (non-hydrogen) atoms. The zero-order valence-electron chi connectivity index (χ0n) is 10.1. The summed E-state index contributed by atoms with van der Waals surface area (Å²) in [5, 5.41) is 12.1. The Balaban J connectivity index is 2.10. The maximum atomic E-state index is 8.80. The Labute approximate surface area is 106 Å². The molecule has 0 bridgehead atoms. The monoisotopic (exact) mass is 238 g/mol. The first kappa shape index (κ1) is 11.9. The van der Waals surface area contributed by atoms with Crippen molar-refractivity contribution >= 4 is 11.4 Å². The molecule has 0 aliphatic heterocycles. The highest BCUT2D eigenvalue weighted by Crippen LogP contribution is 2.18. The van der Waals surface area contributed by atoms with Crippen molar-refractivity contribution in [1.29, 1.82) is 5.26 Å². The highest BCUT2D eigenvalue weighted by atomic mass is 14.9. The van der Waals surface area contributed by atoms with E-state index < -0.39 is 0 Å². The van der Waals surface area contributed by atoms with Gasteiger partial charge in [-0.25, -0.2) is 0 Å². The van der Waals surface area contributed by atoms with Gasteiger partial charge in [0.15, 0.2) is 0 Å². The molecule has 2 rings (SSSR count). The predicted octanol–water partition coefficient (Wildman–Crippen LogP) is 2.46. The average Bonchev–Trinajstić information content (AvgIpc) is 2.38. The van der Waals surface area contributed by atoms with Gasteiger partial charge < -0.3 is 11.1 Å². The summed E-state index contributed by atoms with van der Waals surface area (Å²) in [6, 6.07) is 9.37. The van der Waals surface area contributed by atoms with Crippen LogP contribution in [0.15, 0.2) is 36.7 Å². The van der Waals surface area contributed by atoms with Crippen molar-refractivity contribution in [2.75, 3.05) is 11.1 Å². The summed E-state index contributed by atoms with van der Waals surface area (Å²) < 4.78 is 0. The molecule has 1 heterocycles. The lowest BCUT2D eigenvalue weighted by Crippen LogP contribution is -2.02. The maximum Gasteiger partial charge on any atom is 0.101 e. The third-order valence-electron chi connectivity index (χ3n) is 2.79. The van der Waals surface area contributed by atoms with Gasteiger partial charge in [-0.1, -0.05) is 0 Å². The lowest BCUT2D eigenvalue weighted by Gasteiger charge is -2.09. The van der Waals surface area contributed by atoms with E-state index >= 15 is 0 Å². The number of hydrogen-bond acceptors (Lipinski definition) is 4. The molecule has 0 aliphatic rings. The Bertz CT molecular complexity index is 599. The number of aryl methyl sites for hydroxylation is 1. The molecular formula is C14H14N4. The number of anilines is 2. The smallest absolute Gasteiger partial charge is 0.101 e. The number of pyridine rings is 1. The molecule has 0 fully saturated rings. The van der Waals surface area contributed by atoms with Crippen molar-refractivity contribution in [1.82, 2.24) is 4.98 Å². The number of nitriles is 1. The summed E-state index contributed by atoms with van der Waals surface area (Å²) in [6.45, 7) is 2.73. The standard InChI is InChI=1S/C14H14N4/c1-10-8-17-5-4-12(10)9-18-13-3-2-11(7-15)14(16)6-13/h2-6,8,18H,9,16H2,1H3. The SMILES string of the molecule is Cc1cnccc1CNc1ccc(C#N)c(N)c1. The van der Waals surface area contributed by atoms with Crippen LogP contribution in [0.1, 0.15) is 16.7 Å². The van der Waals surface area contributed by atoms with Crippen molar-refractivity contribution in [2.45, 2.75) is 13.5 Å². The number of aromatic nitrogens is 1. The number of nitrogens with zero attached hydrogens (tertiary/aromatic N) is 2. The first-order chi connectivity index (χ1) is 8.70. The third-order valence-corrected chi connectivity index (χ3v) is 2.79. The highest BCUT2D eigenvalue weighted by molar-refractivity contribution is 5.62. The van der Waals surface area contributed by atoms with Crippen molar-refractivity contribution in [2.24, 2.45) is 0 Å².